The minimum absolute atomic E-state index is 0.822. The first-order chi connectivity index (χ1) is 4.34. The van der Waals surface area contributed by atoms with Gasteiger partial charge in [0, 0.05) is 0 Å². The van der Waals surface area contributed by atoms with Crippen molar-refractivity contribution >= 4 is 12.6 Å². The third-order valence-corrected chi connectivity index (χ3v) is 2.43. The van der Waals surface area contributed by atoms with Gasteiger partial charge in [-0.25, -0.2) is 0 Å². The van der Waals surface area contributed by atoms with Crippen molar-refractivity contribution in [1.82, 2.24) is 0 Å². The average molecular weight is 142 g/mol. The zero-order chi connectivity index (χ0) is 6.69. The lowest BCUT2D eigenvalue weighted by atomic mass is 9.99. The Labute approximate surface area is 62.8 Å². The summed E-state index contributed by atoms with van der Waals surface area (Å²) in [6.45, 7) is 2.32. The molecule has 0 amide bonds. The molecular weight excluding hydrogens is 128 g/mol. The van der Waals surface area contributed by atoms with Gasteiger partial charge in [0.2, 0.25) is 0 Å². The highest BCUT2D eigenvalue weighted by Gasteiger charge is 2.19. The number of thiol groups is 1. The van der Waals surface area contributed by atoms with Crippen LogP contribution in [0.2, 0.25) is 0 Å². The number of hydrogen-bond donors (Lipinski definition) is 1. The topological polar surface area (TPSA) is 0 Å². The van der Waals surface area contributed by atoms with Crippen LogP contribution < -0.4 is 0 Å². The highest BCUT2D eigenvalue weighted by Crippen LogP contribution is 2.31. The molecule has 1 rings (SSSR count). The maximum atomic E-state index is 4.06. The van der Waals surface area contributed by atoms with E-state index in [9.17, 15) is 0 Å². The van der Waals surface area contributed by atoms with Crippen molar-refractivity contribution in [2.45, 2.75) is 26.2 Å². The molecule has 0 heterocycles. The van der Waals surface area contributed by atoms with Crippen LogP contribution in [0.4, 0.5) is 0 Å². The summed E-state index contributed by atoms with van der Waals surface area (Å²) in [6, 6.07) is 0. The van der Waals surface area contributed by atoms with E-state index in [-0.39, 0.29) is 0 Å². The second-order valence-electron chi connectivity index (χ2n) is 2.91. The third-order valence-electron chi connectivity index (χ3n) is 2.26. The molecule has 1 aliphatic rings. The van der Waals surface area contributed by atoms with Gasteiger partial charge in [0.15, 0.2) is 0 Å². The van der Waals surface area contributed by atoms with Crippen molar-refractivity contribution in [3.63, 3.8) is 0 Å². The fraction of sp³-hybridized carbons (Fsp3) is 0.750. The van der Waals surface area contributed by atoms with Crippen LogP contribution in [0.3, 0.4) is 0 Å². The zero-order valence-corrected chi connectivity index (χ0v) is 6.77. The van der Waals surface area contributed by atoms with E-state index in [1.165, 1.54) is 19.3 Å². The predicted octanol–water partition coefficient (Wildman–Crippen LogP) is 2.87. The second-order valence-corrected chi connectivity index (χ2v) is 3.21. The maximum Gasteiger partial charge on any atom is -0.0200 e. The van der Waals surface area contributed by atoms with Crippen LogP contribution in [-0.2, 0) is 0 Å². The van der Waals surface area contributed by atoms with Crippen LogP contribution in [0.5, 0.6) is 0 Å². The fourth-order valence-electron chi connectivity index (χ4n) is 1.57. The summed E-state index contributed by atoms with van der Waals surface area (Å²) >= 11 is 4.06. The van der Waals surface area contributed by atoms with Gasteiger partial charge >= 0.3 is 0 Å². The first-order valence-electron chi connectivity index (χ1n) is 3.65. The fourth-order valence-corrected chi connectivity index (χ4v) is 1.79. The Bertz CT molecular complexity index is 107. The van der Waals surface area contributed by atoms with Crippen LogP contribution in [0.15, 0.2) is 11.5 Å². The van der Waals surface area contributed by atoms with Gasteiger partial charge in [0.25, 0.3) is 0 Å². The second kappa shape index (κ2) is 3.31. The molecule has 52 valence electrons. The molecule has 1 heteroatoms. The Morgan fingerprint density at radius 3 is 2.67 bits per heavy atom. The number of rotatable bonds is 1. The monoisotopic (exact) mass is 142 g/mol. The Hall–Kier alpha value is 0.0900. The van der Waals surface area contributed by atoms with Gasteiger partial charge in [-0.15, -0.1) is 0 Å². The van der Waals surface area contributed by atoms with Crippen molar-refractivity contribution < 1.29 is 0 Å². The molecule has 0 bridgehead atoms. The summed E-state index contributed by atoms with van der Waals surface area (Å²) in [6.07, 6.45) is 6.41. The summed E-state index contributed by atoms with van der Waals surface area (Å²) in [7, 11) is 0. The molecule has 0 N–H and O–H groups in total. The van der Waals surface area contributed by atoms with Crippen molar-refractivity contribution in [1.29, 1.82) is 0 Å². The van der Waals surface area contributed by atoms with E-state index >= 15 is 0 Å². The van der Waals surface area contributed by atoms with E-state index in [0.717, 1.165) is 11.8 Å². The smallest absolute Gasteiger partial charge is 0.0200 e. The number of allylic oxidation sites excluding steroid dienone is 1. The molecule has 0 spiro atoms. The van der Waals surface area contributed by atoms with Crippen molar-refractivity contribution in [2.24, 2.45) is 11.8 Å². The van der Waals surface area contributed by atoms with Crippen molar-refractivity contribution in [3.05, 3.63) is 11.5 Å². The van der Waals surface area contributed by atoms with E-state index in [2.05, 4.69) is 25.6 Å². The van der Waals surface area contributed by atoms with E-state index in [1.807, 2.05) is 5.41 Å². The quantitative estimate of drug-likeness (QED) is 0.535. The van der Waals surface area contributed by atoms with Crippen LogP contribution in [0, 0.1) is 11.8 Å². The molecular formula is C8H14S. The third kappa shape index (κ3) is 1.75. The molecule has 0 saturated heterocycles. The Morgan fingerprint density at radius 2 is 2.22 bits per heavy atom. The van der Waals surface area contributed by atoms with Gasteiger partial charge in [-0.3, -0.25) is 0 Å². The Kier molecular flexibility index (Phi) is 2.65. The molecule has 1 saturated carbocycles. The zero-order valence-electron chi connectivity index (χ0n) is 5.88. The summed E-state index contributed by atoms with van der Waals surface area (Å²) in [5.41, 5.74) is 0. The normalized spacial score (nSPS) is 36.2. The highest BCUT2D eigenvalue weighted by atomic mass is 32.1. The van der Waals surface area contributed by atoms with Gasteiger partial charge in [0.1, 0.15) is 0 Å². The van der Waals surface area contributed by atoms with E-state index in [4.69, 9.17) is 0 Å². The van der Waals surface area contributed by atoms with Gasteiger partial charge < -0.3 is 0 Å². The standard InChI is InChI=1S/C8H14S/c1-7-3-2-4-8(7)5-6-9/h5-9H,2-4H2,1H3/b6-5-. The molecule has 0 aliphatic heterocycles. The first-order valence-corrected chi connectivity index (χ1v) is 4.17. The van der Waals surface area contributed by atoms with Gasteiger partial charge in [-0.1, -0.05) is 25.8 Å². The number of hydrogen-bond acceptors (Lipinski definition) is 1. The summed E-state index contributed by atoms with van der Waals surface area (Å²) < 4.78 is 0. The van der Waals surface area contributed by atoms with Crippen molar-refractivity contribution in [3.8, 4) is 0 Å². The Morgan fingerprint density at radius 1 is 1.44 bits per heavy atom. The minimum Gasteiger partial charge on any atom is -0.152 e. The lowest BCUT2D eigenvalue weighted by molar-refractivity contribution is 0.504. The van der Waals surface area contributed by atoms with Gasteiger partial charge in [0.05, 0.1) is 0 Å². The summed E-state index contributed by atoms with van der Waals surface area (Å²) in [5.74, 6) is 1.72. The SMILES string of the molecule is CC1CCCC1/C=C\S. The predicted molar refractivity (Wildman–Crippen MR) is 44.6 cm³/mol. The largest absolute Gasteiger partial charge is 0.152 e. The summed E-state index contributed by atoms with van der Waals surface area (Å²) in [5, 5.41) is 1.88. The van der Waals surface area contributed by atoms with Crippen molar-refractivity contribution in [2.75, 3.05) is 0 Å². The van der Waals surface area contributed by atoms with E-state index in [1.54, 1.807) is 0 Å². The lowest BCUT2D eigenvalue weighted by Gasteiger charge is -2.07. The van der Waals surface area contributed by atoms with Gasteiger partial charge in [-0.2, -0.15) is 12.6 Å². The minimum atomic E-state index is 0.822. The lowest BCUT2D eigenvalue weighted by Crippen LogP contribution is -1.98. The van der Waals surface area contributed by atoms with Crippen LogP contribution in [0.25, 0.3) is 0 Å². The van der Waals surface area contributed by atoms with E-state index in [0.29, 0.717) is 0 Å². The highest BCUT2D eigenvalue weighted by molar-refractivity contribution is 7.83. The first kappa shape index (κ1) is 7.20. The van der Waals surface area contributed by atoms with Gasteiger partial charge in [-0.05, 0) is 23.7 Å². The molecule has 1 aliphatic carbocycles. The maximum absolute atomic E-state index is 4.06. The molecule has 0 nitrogen and oxygen atoms in total. The van der Waals surface area contributed by atoms with Crippen LogP contribution in [-0.4, -0.2) is 0 Å². The molecule has 9 heavy (non-hydrogen) atoms. The van der Waals surface area contributed by atoms with Crippen LogP contribution >= 0.6 is 12.6 Å². The molecule has 2 atom stereocenters. The molecule has 1 fully saturated rings. The molecule has 0 aromatic rings. The van der Waals surface area contributed by atoms with E-state index < -0.39 is 0 Å². The average Bonchev–Trinajstić information content (AvgIpc) is 2.18. The molecule has 2 unspecified atom stereocenters. The Balaban J connectivity index is 2.39. The molecule has 0 aromatic carbocycles. The van der Waals surface area contributed by atoms with Crippen LogP contribution in [0.1, 0.15) is 26.2 Å². The molecule has 0 aromatic heterocycles. The summed E-state index contributed by atoms with van der Waals surface area (Å²) in [4.78, 5) is 0. The molecule has 0 radical (unpaired) electrons.